The van der Waals surface area contributed by atoms with Crippen LogP contribution in [-0.2, 0) is 23.8 Å². The molecule has 0 saturated carbocycles. The molecule has 0 unspecified atom stereocenters. The van der Waals surface area contributed by atoms with Gasteiger partial charge in [-0.05, 0) is 47.0 Å². The number of nitrogens with zero attached hydrogens (tertiary/aromatic N) is 3. The molecule has 0 atom stereocenters. The first-order valence-electron chi connectivity index (χ1n) is 10.4. The van der Waals surface area contributed by atoms with Crippen LogP contribution in [0.15, 0.2) is 96.3 Å². The molecule has 174 valence electrons. The Labute approximate surface area is 194 Å². The molecule has 0 amide bonds. The normalized spacial score (nSPS) is 13.6. The molecule has 6 nitrogen and oxygen atoms in total. The van der Waals surface area contributed by atoms with E-state index >= 15 is 0 Å². The molecule has 3 aromatic rings. The van der Waals surface area contributed by atoms with E-state index in [-0.39, 0.29) is 5.75 Å². The summed E-state index contributed by atoms with van der Waals surface area (Å²) >= 11 is 0. The topological polar surface area (TPSA) is 68.6 Å². The number of alkyl halides is 3. The van der Waals surface area contributed by atoms with Gasteiger partial charge in [0.15, 0.2) is 0 Å². The number of halogens is 3. The fraction of sp³-hybridized carbons (Fsp3) is 0.160. The number of hydrogen-bond donors (Lipinski definition) is 1. The number of aliphatic imine (C=N–C) groups is 1. The van der Waals surface area contributed by atoms with Gasteiger partial charge in [-0.3, -0.25) is 0 Å². The van der Waals surface area contributed by atoms with Crippen molar-refractivity contribution in [1.29, 1.82) is 0 Å². The zero-order chi connectivity index (χ0) is 24.0. The molecule has 34 heavy (non-hydrogen) atoms. The first-order valence-corrected chi connectivity index (χ1v) is 10.4. The molecule has 1 aromatic heterocycles. The monoisotopic (exact) mass is 466 g/mol. The van der Waals surface area contributed by atoms with Gasteiger partial charge in [0.1, 0.15) is 17.8 Å². The van der Waals surface area contributed by atoms with Crippen molar-refractivity contribution in [3.8, 4) is 11.5 Å². The zero-order valence-corrected chi connectivity index (χ0v) is 18.0. The molecule has 0 radical (unpaired) electrons. The van der Waals surface area contributed by atoms with Gasteiger partial charge >= 0.3 is 6.18 Å². The van der Waals surface area contributed by atoms with Crippen molar-refractivity contribution in [3.63, 3.8) is 0 Å². The predicted octanol–water partition coefficient (Wildman–Crippen LogP) is 5.45. The zero-order valence-electron chi connectivity index (χ0n) is 18.0. The molecule has 1 aliphatic rings. The average molecular weight is 466 g/mol. The SMILES string of the molecule is C=C1N=C(OCCc2ccc(Oc3cccc(C(F)(F)F)c3)cc2)NC=C1Cc1cncnc1. The Bertz CT molecular complexity index is 1210. The van der Waals surface area contributed by atoms with Crippen LogP contribution in [0.3, 0.4) is 0 Å². The van der Waals surface area contributed by atoms with Crippen molar-refractivity contribution in [2.45, 2.75) is 19.0 Å². The third-order valence-corrected chi connectivity index (χ3v) is 4.94. The van der Waals surface area contributed by atoms with E-state index in [1.807, 2.05) is 12.1 Å². The second kappa shape index (κ2) is 10.2. The third kappa shape index (κ3) is 6.22. The van der Waals surface area contributed by atoms with Crippen LogP contribution in [0.5, 0.6) is 11.5 Å². The highest BCUT2D eigenvalue weighted by Gasteiger charge is 2.30. The number of rotatable bonds is 7. The highest BCUT2D eigenvalue weighted by molar-refractivity contribution is 5.78. The van der Waals surface area contributed by atoms with Crippen LogP contribution in [0.2, 0.25) is 0 Å². The predicted molar refractivity (Wildman–Crippen MR) is 121 cm³/mol. The van der Waals surface area contributed by atoms with Gasteiger partial charge in [-0.2, -0.15) is 18.2 Å². The third-order valence-electron chi connectivity index (χ3n) is 4.94. The summed E-state index contributed by atoms with van der Waals surface area (Å²) in [6, 6.07) is 12.2. The van der Waals surface area contributed by atoms with E-state index in [0.29, 0.717) is 36.9 Å². The summed E-state index contributed by atoms with van der Waals surface area (Å²) in [6.07, 6.45) is 3.57. The van der Waals surface area contributed by atoms with Gasteiger partial charge < -0.3 is 14.8 Å². The summed E-state index contributed by atoms with van der Waals surface area (Å²) in [6.45, 7) is 4.36. The van der Waals surface area contributed by atoms with Gasteiger partial charge in [-0.15, -0.1) is 0 Å². The van der Waals surface area contributed by atoms with Gasteiger partial charge in [0.2, 0.25) is 0 Å². The summed E-state index contributed by atoms with van der Waals surface area (Å²) in [4.78, 5) is 12.4. The van der Waals surface area contributed by atoms with Gasteiger partial charge in [0.05, 0.1) is 17.9 Å². The maximum Gasteiger partial charge on any atom is 0.416 e. The molecular weight excluding hydrogens is 445 g/mol. The highest BCUT2D eigenvalue weighted by Crippen LogP contribution is 2.32. The number of benzene rings is 2. The highest BCUT2D eigenvalue weighted by atomic mass is 19.4. The minimum atomic E-state index is -4.42. The van der Waals surface area contributed by atoms with Crippen LogP contribution in [0.4, 0.5) is 13.2 Å². The first kappa shape index (κ1) is 23.0. The van der Waals surface area contributed by atoms with E-state index in [1.165, 1.54) is 18.5 Å². The van der Waals surface area contributed by atoms with Crippen LogP contribution >= 0.6 is 0 Å². The minimum absolute atomic E-state index is 0.125. The van der Waals surface area contributed by atoms with Gasteiger partial charge in [0, 0.05) is 31.4 Å². The maximum absolute atomic E-state index is 12.8. The molecule has 0 aliphatic carbocycles. The van der Waals surface area contributed by atoms with Crippen molar-refractivity contribution < 1.29 is 22.6 Å². The first-order chi connectivity index (χ1) is 16.4. The Balaban J connectivity index is 1.25. The van der Waals surface area contributed by atoms with Crippen LogP contribution in [0.25, 0.3) is 0 Å². The van der Waals surface area contributed by atoms with E-state index in [4.69, 9.17) is 9.47 Å². The Morgan fingerprint density at radius 3 is 2.41 bits per heavy atom. The minimum Gasteiger partial charge on any atom is -0.464 e. The number of aromatic nitrogens is 2. The molecule has 0 saturated heterocycles. The number of amidine groups is 1. The van der Waals surface area contributed by atoms with E-state index in [2.05, 4.69) is 26.9 Å². The second-order valence-corrected chi connectivity index (χ2v) is 7.47. The molecule has 1 N–H and O–H groups in total. The van der Waals surface area contributed by atoms with Crippen LogP contribution < -0.4 is 10.1 Å². The van der Waals surface area contributed by atoms with Gasteiger partial charge in [0.25, 0.3) is 6.02 Å². The fourth-order valence-electron chi connectivity index (χ4n) is 3.19. The standard InChI is InChI=1S/C25H21F3N4O2/c1-17-20(11-19-13-29-16-30-14-19)15-31-24(32-17)33-10-9-18-5-7-22(8-6-18)34-23-4-2-3-21(12-23)25(26,27)28/h2-8,12-16H,1,9-11H2,(H,31,32). The van der Waals surface area contributed by atoms with Crippen molar-refractivity contribution in [2.75, 3.05) is 6.61 Å². The maximum atomic E-state index is 12.8. The average Bonchev–Trinajstić information content (AvgIpc) is 2.82. The Hall–Kier alpha value is -4.14. The van der Waals surface area contributed by atoms with Gasteiger partial charge in [-0.1, -0.05) is 24.8 Å². The lowest BCUT2D eigenvalue weighted by Crippen LogP contribution is -2.26. The van der Waals surface area contributed by atoms with E-state index in [1.54, 1.807) is 30.7 Å². The lowest BCUT2D eigenvalue weighted by Gasteiger charge is -2.17. The van der Waals surface area contributed by atoms with Crippen molar-refractivity contribution in [3.05, 3.63) is 108 Å². The van der Waals surface area contributed by atoms with Crippen LogP contribution in [0, 0.1) is 0 Å². The lowest BCUT2D eigenvalue weighted by atomic mass is 10.1. The molecule has 4 rings (SSSR count). The van der Waals surface area contributed by atoms with E-state index in [0.717, 1.165) is 28.8 Å². The summed E-state index contributed by atoms with van der Waals surface area (Å²) in [5.41, 5.74) is 2.70. The summed E-state index contributed by atoms with van der Waals surface area (Å²) in [5.74, 6) is 0.569. The molecule has 0 bridgehead atoms. The van der Waals surface area contributed by atoms with E-state index in [9.17, 15) is 13.2 Å². The Morgan fingerprint density at radius 1 is 0.941 bits per heavy atom. The summed E-state index contributed by atoms with van der Waals surface area (Å²) < 4.78 is 49.8. The van der Waals surface area contributed by atoms with Crippen molar-refractivity contribution >= 4 is 6.02 Å². The molecule has 1 aliphatic heterocycles. The molecule has 2 heterocycles. The Kier molecular flexibility index (Phi) is 6.91. The van der Waals surface area contributed by atoms with Gasteiger partial charge in [-0.25, -0.2) is 9.97 Å². The molecule has 0 fully saturated rings. The largest absolute Gasteiger partial charge is 0.464 e. The summed E-state index contributed by atoms with van der Waals surface area (Å²) in [5, 5.41) is 3.02. The van der Waals surface area contributed by atoms with Crippen molar-refractivity contribution in [2.24, 2.45) is 4.99 Å². The summed E-state index contributed by atoms with van der Waals surface area (Å²) in [7, 11) is 0. The smallest absolute Gasteiger partial charge is 0.416 e. The number of ether oxygens (including phenoxy) is 2. The number of nitrogens with one attached hydrogen (secondary N) is 1. The number of allylic oxidation sites excluding steroid dienone is 1. The fourth-order valence-corrected chi connectivity index (χ4v) is 3.19. The van der Waals surface area contributed by atoms with Crippen molar-refractivity contribution in [1.82, 2.24) is 15.3 Å². The van der Waals surface area contributed by atoms with E-state index < -0.39 is 11.7 Å². The lowest BCUT2D eigenvalue weighted by molar-refractivity contribution is -0.137. The molecule has 0 spiro atoms. The molecule has 9 heteroatoms. The van der Waals surface area contributed by atoms with Crippen LogP contribution in [-0.4, -0.2) is 22.6 Å². The molecule has 2 aromatic carbocycles. The van der Waals surface area contributed by atoms with Crippen LogP contribution in [0.1, 0.15) is 16.7 Å². The second-order valence-electron chi connectivity index (χ2n) is 7.47. The Morgan fingerprint density at radius 2 is 1.71 bits per heavy atom. The number of hydrogen-bond acceptors (Lipinski definition) is 6. The quantitative estimate of drug-likeness (QED) is 0.502. The molecular formula is C25H21F3N4O2.